The van der Waals surface area contributed by atoms with Crippen LogP contribution in [0, 0.1) is 17.8 Å². The van der Waals surface area contributed by atoms with Crippen LogP contribution in [0.2, 0.25) is 0 Å². The van der Waals surface area contributed by atoms with Crippen molar-refractivity contribution in [3.05, 3.63) is 42.2 Å². The van der Waals surface area contributed by atoms with Crippen LogP contribution in [-0.4, -0.2) is 6.61 Å². The molecule has 0 heterocycles. The van der Waals surface area contributed by atoms with Gasteiger partial charge in [-0.15, -0.1) is 0 Å². The molecule has 2 heteroatoms. The predicted octanol–water partition coefficient (Wildman–Crippen LogP) is 9.77. The van der Waals surface area contributed by atoms with Crippen molar-refractivity contribution in [2.75, 3.05) is 6.61 Å². The number of hydrogen-bond acceptors (Lipinski definition) is 1. The first-order chi connectivity index (χ1) is 15.8. The fourth-order valence-corrected chi connectivity index (χ4v) is 6.01. The molecule has 2 aliphatic rings. The largest absolute Gasteiger partial charge is 0.494 e. The van der Waals surface area contributed by atoms with E-state index in [1.807, 2.05) is 0 Å². The summed E-state index contributed by atoms with van der Waals surface area (Å²) in [6.07, 6.45) is 23.5. The highest BCUT2D eigenvalue weighted by Crippen LogP contribution is 2.40. The molecule has 0 amide bonds. The minimum absolute atomic E-state index is 0.709. The van der Waals surface area contributed by atoms with Gasteiger partial charge in [0.2, 0.25) is 0 Å². The SMILES string of the molecule is CCCCCCOc1ccc(C2CCC(CCC3CCC(CC/C=C/F)CC3)CC2)cc1. The van der Waals surface area contributed by atoms with E-state index in [9.17, 15) is 4.39 Å². The average Bonchev–Trinajstić information content (AvgIpc) is 2.84. The summed E-state index contributed by atoms with van der Waals surface area (Å²) in [6, 6.07) is 9.00. The number of hydrogen-bond donors (Lipinski definition) is 0. The van der Waals surface area contributed by atoms with Crippen LogP contribution in [0.1, 0.15) is 121 Å². The van der Waals surface area contributed by atoms with Crippen LogP contribution in [0.4, 0.5) is 4.39 Å². The summed E-state index contributed by atoms with van der Waals surface area (Å²) >= 11 is 0. The third-order valence-electron chi connectivity index (χ3n) is 8.25. The zero-order valence-corrected chi connectivity index (χ0v) is 20.6. The molecule has 2 aliphatic carbocycles. The van der Waals surface area contributed by atoms with Crippen molar-refractivity contribution in [2.45, 2.75) is 116 Å². The van der Waals surface area contributed by atoms with Crippen molar-refractivity contribution >= 4 is 0 Å². The van der Waals surface area contributed by atoms with Crippen LogP contribution in [0.3, 0.4) is 0 Å². The quantitative estimate of drug-likeness (QED) is 0.276. The number of allylic oxidation sites excluding steroid dienone is 1. The lowest BCUT2D eigenvalue weighted by molar-refractivity contribution is 0.225. The molecule has 2 fully saturated rings. The molecule has 0 spiro atoms. The molecule has 1 aromatic rings. The summed E-state index contributed by atoms with van der Waals surface area (Å²) in [4.78, 5) is 0. The second-order valence-electron chi connectivity index (χ2n) is 10.6. The number of halogens is 1. The molecule has 3 rings (SSSR count). The molecule has 0 atom stereocenters. The third kappa shape index (κ3) is 8.91. The van der Waals surface area contributed by atoms with Gasteiger partial charge in [0.15, 0.2) is 0 Å². The van der Waals surface area contributed by atoms with Crippen LogP contribution in [0.5, 0.6) is 5.75 Å². The van der Waals surface area contributed by atoms with Gasteiger partial charge >= 0.3 is 0 Å². The summed E-state index contributed by atoms with van der Waals surface area (Å²) in [5.41, 5.74) is 1.52. The van der Waals surface area contributed by atoms with E-state index in [0.717, 1.165) is 42.4 Å². The van der Waals surface area contributed by atoms with Gasteiger partial charge in [-0.1, -0.05) is 82.9 Å². The zero-order valence-electron chi connectivity index (χ0n) is 20.6. The van der Waals surface area contributed by atoms with E-state index in [-0.39, 0.29) is 0 Å². The molecule has 180 valence electrons. The first kappa shape index (κ1) is 25.3. The average molecular weight is 443 g/mol. The van der Waals surface area contributed by atoms with Gasteiger partial charge in [-0.3, -0.25) is 0 Å². The van der Waals surface area contributed by atoms with Crippen molar-refractivity contribution in [1.82, 2.24) is 0 Å². The summed E-state index contributed by atoms with van der Waals surface area (Å²) < 4.78 is 18.0. The van der Waals surface area contributed by atoms with Gasteiger partial charge < -0.3 is 4.74 Å². The molecule has 1 aromatic carbocycles. The third-order valence-corrected chi connectivity index (χ3v) is 8.25. The van der Waals surface area contributed by atoms with Crippen molar-refractivity contribution in [2.24, 2.45) is 17.8 Å². The molecular weight excluding hydrogens is 395 g/mol. The molecule has 0 saturated heterocycles. The smallest absolute Gasteiger partial charge is 0.119 e. The Morgan fingerprint density at radius 2 is 1.38 bits per heavy atom. The minimum Gasteiger partial charge on any atom is -0.494 e. The molecule has 0 bridgehead atoms. The Bertz CT molecular complexity index is 621. The van der Waals surface area contributed by atoms with Crippen LogP contribution >= 0.6 is 0 Å². The second-order valence-corrected chi connectivity index (χ2v) is 10.6. The number of benzene rings is 1. The molecular formula is C30H47FO. The Balaban J connectivity index is 1.28. The first-order valence-electron chi connectivity index (χ1n) is 13.8. The van der Waals surface area contributed by atoms with E-state index >= 15 is 0 Å². The second kappa shape index (κ2) is 14.8. The molecule has 0 unspecified atom stereocenters. The zero-order chi connectivity index (χ0) is 22.4. The van der Waals surface area contributed by atoms with Crippen molar-refractivity contribution in [1.29, 1.82) is 0 Å². The van der Waals surface area contributed by atoms with Gasteiger partial charge in [-0.05, 0) is 86.3 Å². The highest BCUT2D eigenvalue weighted by atomic mass is 19.1. The van der Waals surface area contributed by atoms with Crippen LogP contribution in [-0.2, 0) is 0 Å². The van der Waals surface area contributed by atoms with E-state index in [4.69, 9.17) is 4.74 Å². The van der Waals surface area contributed by atoms with Gasteiger partial charge in [0.25, 0.3) is 0 Å². The fraction of sp³-hybridized carbons (Fsp3) is 0.733. The van der Waals surface area contributed by atoms with E-state index in [1.165, 1.54) is 102 Å². The van der Waals surface area contributed by atoms with E-state index < -0.39 is 0 Å². The summed E-state index contributed by atoms with van der Waals surface area (Å²) in [5, 5.41) is 0. The van der Waals surface area contributed by atoms with Gasteiger partial charge in [0.05, 0.1) is 12.9 Å². The Hall–Kier alpha value is -1.31. The molecule has 1 nitrogen and oxygen atoms in total. The molecule has 2 saturated carbocycles. The monoisotopic (exact) mass is 442 g/mol. The number of ether oxygens (including phenoxy) is 1. The van der Waals surface area contributed by atoms with Crippen molar-refractivity contribution in [3.63, 3.8) is 0 Å². The number of unbranched alkanes of at least 4 members (excludes halogenated alkanes) is 3. The highest BCUT2D eigenvalue weighted by Gasteiger charge is 2.25. The van der Waals surface area contributed by atoms with E-state index in [0.29, 0.717) is 6.33 Å². The molecule has 32 heavy (non-hydrogen) atoms. The normalized spacial score (nSPS) is 26.4. The highest BCUT2D eigenvalue weighted by molar-refractivity contribution is 5.29. The van der Waals surface area contributed by atoms with Crippen molar-refractivity contribution < 1.29 is 9.13 Å². The minimum atomic E-state index is 0.709. The molecule has 0 N–H and O–H groups in total. The van der Waals surface area contributed by atoms with Crippen LogP contribution in [0.25, 0.3) is 0 Å². The molecule has 0 aromatic heterocycles. The maximum Gasteiger partial charge on any atom is 0.119 e. The van der Waals surface area contributed by atoms with Gasteiger partial charge in [0, 0.05) is 0 Å². The fourth-order valence-electron chi connectivity index (χ4n) is 6.01. The van der Waals surface area contributed by atoms with Crippen LogP contribution < -0.4 is 4.74 Å². The maximum atomic E-state index is 12.1. The Morgan fingerprint density at radius 3 is 1.97 bits per heavy atom. The Kier molecular flexibility index (Phi) is 11.7. The lowest BCUT2D eigenvalue weighted by Gasteiger charge is -2.32. The topological polar surface area (TPSA) is 9.23 Å². The lowest BCUT2D eigenvalue weighted by Crippen LogP contribution is -2.17. The lowest BCUT2D eigenvalue weighted by atomic mass is 9.74. The molecule has 0 radical (unpaired) electrons. The Labute approximate surface area is 197 Å². The molecule has 0 aliphatic heterocycles. The standard InChI is InChI=1S/C30H47FO/c1-2-3-4-7-24-32-30-21-19-29(20-22-30)28-17-15-27(16-18-28)14-13-26-11-9-25(10-12-26)8-5-6-23-31/h6,19-23,25-28H,2-5,7-18,24H2,1H3/b23-6+. The maximum absolute atomic E-state index is 12.1. The van der Waals surface area contributed by atoms with E-state index in [1.54, 1.807) is 6.08 Å². The van der Waals surface area contributed by atoms with Crippen LogP contribution in [0.15, 0.2) is 36.7 Å². The summed E-state index contributed by atoms with van der Waals surface area (Å²) in [5.74, 6) is 4.53. The predicted molar refractivity (Wildman–Crippen MR) is 135 cm³/mol. The first-order valence-corrected chi connectivity index (χ1v) is 13.8. The van der Waals surface area contributed by atoms with Gasteiger partial charge in [0.1, 0.15) is 5.75 Å². The summed E-state index contributed by atoms with van der Waals surface area (Å²) in [6.45, 7) is 3.10. The van der Waals surface area contributed by atoms with Gasteiger partial charge in [-0.25, -0.2) is 4.39 Å². The number of rotatable bonds is 13. The van der Waals surface area contributed by atoms with Crippen molar-refractivity contribution in [3.8, 4) is 5.75 Å². The van der Waals surface area contributed by atoms with E-state index in [2.05, 4.69) is 31.2 Å². The van der Waals surface area contributed by atoms with Gasteiger partial charge in [-0.2, -0.15) is 0 Å². The summed E-state index contributed by atoms with van der Waals surface area (Å²) in [7, 11) is 0. The Morgan fingerprint density at radius 1 is 0.781 bits per heavy atom.